The van der Waals surface area contributed by atoms with Crippen molar-refractivity contribution in [1.29, 1.82) is 0 Å². The van der Waals surface area contributed by atoms with Crippen LogP contribution in [0.3, 0.4) is 0 Å². The summed E-state index contributed by atoms with van der Waals surface area (Å²) in [7, 11) is 0. The van der Waals surface area contributed by atoms with Gasteiger partial charge in [0.15, 0.2) is 5.82 Å². The number of nitrogens with one attached hydrogen (secondary N) is 2. The molecule has 0 spiro atoms. The van der Waals surface area contributed by atoms with Crippen molar-refractivity contribution in [3.63, 3.8) is 0 Å². The highest BCUT2D eigenvalue weighted by Crippen LogP contribution is 2.48. The van der Waals surface area contributed by atoms with E-state index in [1.807, 2.05) is 0 Å². The molecule has 1 aromatic heterocycles. The molecule has 1 aliphatic rings. The zero-order valence-corrected chi connectivity index (χ0v) is 8.62. The molecule has 0 atom stereocenters. The van der Waals surface area contributed by atoms with Crippen molar-refractivity contribution < 1.29 is 0 Å². The van der Waals surface area contributed by atoms with Crippen LogP contribution in [0.1, 0.15) is 19.3 Å². The molecule has 2 rings (SSSR count). The largest absolute Gasteiger partial charge is 0.365 e. The molecule has 0 amide bonds. The van der Waals surface area contributed by atoms with E-state index in [9.17, 15) is 4.79 Å². The highest BCUT2D eigenvalue weighted by molar-refractivity contribution is 5.31. The number of anilines is 1. The second kappa shape index (κ2) is 4.02. The lowest BCUT2D eigenvalue weighted by atomic mass is 10.0. The van der Waals surface area contributed by atoms with Crippen LogP contribution in [0.15, 0.2) is 17.2 Å². The number of aromatic amines is 1. The van der Waals surface area contributed by atoms with Gasteiger partial charge in [-0.1, -0.05) is 0 Å². The lowest BCUT2D eigenvalue weighted by Gasteiger charge is -2.14. The molecule has 0 saturated heterocycles. The maximum absolute atomic E-state index is 11.3. The Morgan fingerprint density at radius 1 is 1.60 bits per heavy atom. The second-order valence-corrected chi connectivity index (χ2v) is 4.16. The first-order valence-electron chi connectivity index (χ1n) is 5.23. The van der Waals surface area contributed by atoms with Gasteiger partial charge < -0.3 is 16.0 Å². The fourth-order valence-corrected chi connectivity index (χ4v) is 1.75. The van der Waals surface area contributed by atoms with Gasteiger partial charge in [0, 0.05) is 18.9 Å². The Hall–Kier alpha value is -1.36. The molecule has 0 bridgehead atoms. The maximum atomic E-state index is 11.3. The molecule has 82 valence electrons. The molecular weight excluding hydrogens is 192 g/mol. The zero-order valence-electron chi connectivity index (χ0n) is 8.62. The van der Waals surface area contributed by atoms with Crippen LogP contribution in [0.4, 0.5) is 5.82 Å². The number of nitrogens with zero attached hydrogens (tertiary/aromatic N) is 1. The molecule has 0 unspecified atom stereocenters. The van der Waals surface area contributed by atoms with E-state index in [2.05, 4.69) is 15.3 Å². The van der Waals surface area contributed by atoms with E-state index < -0.39 is 0 Å². The number of rotatable bonds is 5. The van der Waals surface area contributed by atoms with Crippen LogP contribution in [-0.4, -0.2) is 23.1 Å². The summed E-state index contributed by atoms with van der Waals surface area (Å²) in [6, 6.07) is 0. The van der Waals surface area contributed by atoms with E-state index in [0.29, 0.717) is 17.8 Å². The normalized spacial score (nSPS) is 17.4. The molecule has 0 aliphatic heterocycles. The van der Waals surface area contributed by atoms with Crippen molar-refractivity contribution in [2.75, 3.05) is 18.4 Å². The van der Waals surface area contributed by atoms with E-state index in [-0.39, 0.29) is 5.56 Å². The van der Waals surface area contributed by atoms with Gasteiger partial charge in [0.05, 0.1) is 0 Å². The number of hydrogen-bond acceptors (Lipinski definition) is 4. The second-order valence-electron chi connectivity index (χ2n) is 4.16. The first-order chi connectivity index (χ1) is 7.26. The van der Waals surface area contributed by atoms with Gasteiger partial charge in [-0.2, -0.15) is 0 Å². The number of nitrogens with two attached hydrogens (primary N) is 1. The molecule has 0 radical (unpaired) electrons. The van der Waals surface area contributed by atoms with Gasteiger partial charge in [-0.25, -0.2) is 4.98 Å². The third-order valence-corrected chi connectivity index (χ3v) is 2.97. The minimum absolute atomic E-state index is 0.166. The summed E-state index contributed by atoms with van der Waals surface area (Å²) in [5, 5.41) is 3.09. The Kier molecular flexibility index (Phi) is 2.73. The third-order valence-electron chi connectivity index (χ3n) is 2.97. The Morgan fingerprint density at radius 3 is 3.00 bits per heavy atom. The van der Waals surface area contributed by atoms with Crippen molar-refractivity contribution in [2.45, 2.75) is 19.3 Å². The SMILES string of the molecule is NCCC1(CNc2ncc[nH]c2=O)CC1. The summed E-state index contributed by atoms with van der Waals surface area (Å²) in [4.78, 5) is 17.9. The van der Waals surface area contributed by atoms with Crippen LogP contribution < -0.4 is 16.6 Å². The van der Waals surface area contributed by atoms with Crippen LogP contribution in [0, 0.1) is 5.41 Å². The van der Waals surface area contributed by atoms with E-state index in [4.69, 9.17) is 5.73 Å². The predicted octanol–water partition coefficient (Wildman–Crippen LogP) is 0.311. The average molecular weight is 208 g/mol. The van der Waals surface area contributed by atoms with Gasteiger partial charge in [-0.3, -0.25) is 4.79 Å². The quantitative estimate of drug-likeness (QED) is 0.650. The zero-order chi connectivity index (χ0) is 10.7. The molecule has 0 aromatic carbocycles. The van der Waals surface area contributed by atoms with Gasteiger partial charge in [-0.15, -0.1) is 0 Å². The molecule has 5 heteroatoms. The number of hydrogen-bond donors (Lipinski definition) is 3. The van der Waals surface area contributed by atoms with E-state index >= 15 is 0 Å². The van der Waals surface area contributed by atoms with Crippen LogP contribution >= 0.6 is 0 Å². The lowest BCUT2D eigenvalue weighted by Crippen LogP contribution is -2.23. The summed E-state index contributed by atoms with van der Waals surface area (Å²) < 4.78 is 0. The molecule has 1 heterocycles. The summed E-state index contributed by atoms with van der Waals surface area (Å²) in [5.74, 6) is 0.404. The smallest absolute Gasteiger partial charge is 0.290 e. The van der Waals surface area contributed by atoms with Gasteiger partial charge >= 0.3 is 0 Å². The number of H-pyrrole nitrogens is 1. The Labute approximate surface area is 88.1 Å². The molecule has 1 aliphatic carbocycles. The summed E-state index contributed by atoms with van der Waals surface area (Å²) in [6.45, 7) is 1.50. The molecule has 5 nitrogen and oxygen atoms in total. The van der Waals surface area contributed by atoms with E-state index in [1.165, 1.54) is 19.0 Å². The van der Waals surface area contributed by atoms with Crippen molar-refractivity contribution in [3.05, 3.63) is 22.7 Å². The standard InChI is InChI=1S/C10H16N4O/c11-4-3-10(1-2-10)7-14-8-9(15)13-6-5-12-8/h5-6H,1-4,7,11H2,(H,12,14)(H,13,15). The van der Waals surface area contributed by atoms with Gasteiger partial charge in [0.1, 0.15) is 0 Å². The van der Waals surface area contributed by atoms with Gasteiger partial charge in [-0.05, 0) is 31.2 Å². The highest BCUT2D eigenvalue weighted by atomic mass is 16.1. The minimum atomic E-state index is -0.166. The molecule has 1 aromatic rings. The first kappa shape index (κ1) is 10.2. The topological polar surface area (TPSA) is 83.8 Å². The summed E-state index contributed by atoms with van der Waals surface area (Å²) in [5.41, 5.74) is 5.69. The molecular formula is C10H16N4O. The van der Waals surface area contributed by atoms with Crippen LogP contribution in [0.25, 0.3) is 0 Å². The minimum Gasteiger partial charge on any atom is -0.365 e. The van der Waals surface area contributed by atoms with E-state index in [1.54, 1.807) is 6.20 Å². The van der Waals surface area contributed by atoms with E-state index in [0.717, 1.165) is 13.0 Å². The Morgan fingerprint density at radius 2 is 2.40 bits per heavy atom. The average Bonchev–Trinajstić information content (AvgIpc) is 2.98. The van der Waals surface area contributed by atoms with Crippen LogP contribution in [0.5, 0.6) is 0 Å². The van der Waals surface area contributed by atoms with Crippen LogP contribution in [0.2, 0.25) is 0 Å². The molecule has 1 saturated carbocycles. The Balaban J connectivity index is 1.94. The third kappa shape index (κ3) is 2.36. The summed E-state index contributed by atoms with van der Waals surface area (Å²) in [6.07, 6.45) is 6.52. The van der Waals surface area contributed by atoms with Crippen molar-refractivity contribution in [1.82, 2.24) is 9.97 Å². The highest BCUT2D eigenvalue weighted by Gasteiger charge is 2.41. The molecule has 1 fully saturated rings. The maximum Gasteiger partial charge on any atom is 0.290 e. The first-order valence-corrected chi connectivity index (χ1v) is 5.23. The molecule has 15 heavy (non-hydrogen) atoms. The monoisotopic (exact) mass is 208 g/mol. The Bertz CT molecular complexity index is 383. The molecule has 4 N–H and O–H groups in total. The fourth-order valence-electron chi connectivity index (χ4n) is 1.75. The van der Waals surface area contributed by atoms with Crippen molar-refractivity contribution in [2.24, 2.45) is 11.1 Å². The fraction of sp³-hybridized carbons (Fsp3) is 0.600. The van der Waals surface area contributed by atoms with Crippen molar-refractivity contribution >= 4 is 5.82 Å². The summed E-state index contributed by atoms with van der Waals surface area (Å²) >= 11 is 0. The predicted molar refractivity (Wildman–Crippen MR) is 58.7 cm³/mol. The van der Waals surface area contributed by atoms with Crippen molar-refractivity contribution in [3.8, 4) is 0 Å². The number of aromatic nitrogens is 2. The van der Waals surface area contributed by atoms with Crippen LogP contribution in [-0.2, 0) is 0 Å². The van der Waals surface area contributed by atoms with Gasteiger partial charge in [0.2, 0.25) is 0 Å². The lowest BCUT2D eigenvalue weighted by molar-refractivity contribution is 0.500. The van der Waals surface area contributed by atoms with Gasteiger partial charge in [0.25, 0.3) is 5.56 Å².